The first-order chi connectivity index (χ1) is 8.37. The van der Waals surface area contributed by atoms with E-state index in [0.717, 1.165) is 19.4 Å². The van der Waals surface area contributed by atoms with Gasteiger partial charge in [-0.25, -0.2) is 0 Å². The van der Waals surface area contributed by atoms with E-state index in [1.165, 1.54) is 4.90 Å². The second kappa shape index (κ2) is 7.31. The number of piperidine rings is 1. The lowest BCUT2D eigenvalue weighted by Crippen LogP contribution is -2.46. The van der Waals surface area contributed by atoms with E-state index in [0.29, 0.717) is 25.7 Å². The van der Waals surface area contributed by atoms with Crippen molar-refractivity contribution in [1.82, 2.24) is 10.2 Å². The molecule has 1 saturated heterocycles. The standard InChI is InChI=1S/C12H23F3N2O/c1-10(2)18-8-5-16-11-3-6-17(7-4-11)9-12(13,14)15/h10-11,16H,3-9H2,1-2H3. The van der Waals surface area contributed by atoms with Gasteiger partial charge in [-0.2, -0.15) is 13.2 Å². The van der Waals surface area contributed by atoms with Crippen LogP contribution in [-0.2, 0) is 4.74 Å². The SMILES string of the molecule is CC(C)OCCNC1CCN(CC(F)(F)F)CC1. The zero-order valence-corrected chi connectivity index (χ0v) is 11.1. The molecular formula is C12H23F3N2O. The molecule has 0 aromatic rings. The van der Waals surface area contributed by atoms with E-state index < -0.39 is 12.7 Å². The quantitative estimate of drug-likeness (QED) is 0.746. The van der Waals surface area contributed by atoms with Gasteiger partial charge in [0.15, 0.2) is 0 Å². The van der Waals surface area contributed by atoms with Gasteiger partial charge in [-0.1, -0.05) is 0 Å². The predicted octanol–water partition coefficient (Wildman–Crippen LogP) is 2.03. The van der Waals surface area contributed by atoms with Crippen LogP contribution in [0.5, 0.6) is 0 Å². The first-order valence-electron chi connectivity index (χ1n) is 6.51. The molecule has 0 bridgehead atoms. The largest absolute Gasteiger partial charge is 0.401 e. The Morgan fingerprint density at radius 2 is 1.89 bits per heavy atom. The van der Waals surface area contributed by atoms with Crippen molar-refractivity contribution in [2.45, 2.75) is 45.0 Å². The van der Waals surface area contributed by atoms with Gasteiger partial charge in [0, 0.05) is 12.6 Å². The van der Waals surface area contributed by atoms with Crippen LogP contribution in [0.15, 0.2) is 0 Å². The van der Waals surface area contributed by atoms with Crippen molar-refractivity contribution >= 4 is 0 Å². The molecule has 1 heterocycles. The van der Waals surface area contributed by atoms with Crippen LogP contribution in [0, 0.1) is 0 Å². The van der Waals surface area contributed by atoms with Gasteiger partial charge >= 0.3 is 6.18 Å². The van der Waals surface area contributed by atoms with Crippen molar-refractivity contribution in [3.05, 3.63) is 0 Å². The van der Waals surface area contributed by atoms with Crippen molar-refractivity contribution in [1.29, 1.82) is 0 Å². The minimum Gasteiger partial charge on any atom is -0.377 e. The third-order valence-corrected chi connectivity index (χ3v) is 2.98. The Bertz CT molecular complexity index is 226. The summed E-state index contributed by atoms with van der Waals surface area (Å²) in [5.41, 5.74) is 0. The van der Waals surface area contributed by atoms with Crippen molar-refractivity contribution < 1.29 is 17.9 Å². The number of alkyl halides is 3. The summed E-state index contributed by atoms with van der Waals surface area (Å²) in [5, 5.41) is 3.33. The lowest BCUT2D eigenvalue weighted by molar-refractivity contribution is -0.148. The van der Waals surface area contributed by atoms with E-state index in [2.05, 4.69) is 5.32 Å². The van der Waals surface area contributed by atoms with Gasteiger partial charge in [-0.3, -0.25) is 4.90 Å². The third-order valence-electron chi connectivity index (χ3n) is 2.98. The van der Waals surface area contributed by atoms with Crippen LogP contribution in [0.4, 0.5) is 13.2 Å². The molecule has 0 aliphatic carbocycles. The number of halogens is 3. The average Bonchev–Trinajstić information content (AvgIpc) is 2.24. The molecule has 0 spiro atoms. The molecule has 0 aromatic carbocycles. The van der Waals surface area contributed by atoms with Gasteiger partial charge in [-0.05, 0) is 39.8 Å². The number of nitrogens with zero attached hydrogens (tertiary/aromatic N) is 1. The monoisotopic (exact) mass is 268 g/mol. The van der Waals surface area contributed by atoms with Crippen LogP contribution in [0.25, 0.3) is 0 Å². The van der Waals surface area contributed by atoms with Gasteiger partial charge in [0.2, 0.25) is 0 Å². The minimum atomic E-state index is -4.08. The highest BCUT2D eigenvalue weighted by atomic mass is 19.4. The predicted molar refractivity (Wildman–Crippen MR) is 64.6 cm³/mol. The maximum Gasteiger partial charge on any atom is 0.401 e. The first kappa shape index (κ1) is 15.7. The molecule has 0 unspecified atom stereocenters. The smallest absolute Gasteiger partial charge is 0.377 e. The fourth-order valence-corrected chi connectivity index (χ4v) is 2.11. The second-order valence-electron chi connectivity index (χ2n) is 5.04. The van der Waals surface area contributed by atoms with Crippen LogP contribution in [-0.4, -0.2) is 56.0 Å². The fraction of sp³-hybridized carbons (Fsp3) is 1.00. The number of rotatable bonds is 6. The summed E-state index contributed by atoms with van der Waals surface area (Å²) >= 11 is 0. The third kappa shape index (κ3) is 7.18. The van der Waals surface area contributed by atoms with Crippen molar-refractivity contribution in [2.75, 3.05) is 32.8 Å². The average molecular weight is 268 g/mol. The Kier molecular flexibility index (Phi) is 6.38. The van der Waals surface area contributed by atoms with E-state index in [-0.39, 0.29) is 6.10 Å². The first-order valence-corrected chi connectivity index (χ1v) is 6.51. The molecule has 1 aliphatic rings. The summed E-state index contributed by atoms with van der Waals surface area (Å²) in [6.07, 6.45) is -2.30. The normalized spacial score (nSPS) is 19.7. The van der Waals surface area contributed by atoms with E-state index in [9.17, 15) is 13.2 Å². The topological polar surface area (TPSA) is 24.5 Å². The summed E-state index contributed by atoms with van der Waals surface area (Å²) in [4.78, 5) is 1.47. The summed E-state index contributed by atoms with van der Waals surface area (Å²) in [7, 11) is 0. The molecular weight excluding hydrogens is 245 g/mol. The van der Waals surface area contributed by atoms with Crippen LogP contribution in [0.1, 0.15) is 26.7 Å². The molecule has 0 radical (unpaired) electrons. The van der Waals surface area contributed by atoms with Crippen LogP contribution in [0.3, 0.4) is 0 Å². The Morgan fingerprint density at radius 1 is 1.28 bits per heavy atom. The fourth-order valence-electron chi connectivity index (χ4n) is 2.11. The van der Waals surface area contributed by atoms with Gasteiger partial charge in [0.1, 0.15) is 0 Å². The van der Waals surface area contributed by atoms with Crippen LogP contribution < -0.4 is 5.32 Å². The van der Waals surface area contributed by atoms with E-state index in [1.807, 2.05) is 13.8 Å². The van der Waals surface area contributed by atoms with Gasteiger partial charge < -0.3 is 10.1 Å². The van der Waals surface area contributed by atoms with Crippen molar-refractivity contribution in [2.24, 2.45) is 0 Å². The Hall–Kier alpha value is -0.330. The Labute approximate surface area is 107 Å². The zero-order valence-electron chi connectivity index (χ0n) is 11.1. The summed E-state index contributed by atoms with van der Waals surface area (Å²) in [5.74, 6) is 0. The van der Waals surface area contributed by atoms with E-state index in [4.69, 9.17) is 4.74 Å². The zero-order chi connectivity index (χ0) is 13.6. The highest BCUT2D eigenvalue weighted by Gasteiger charge is 2.32. The Balaban J connectivity index is 2.08. The molecule has 0 atom stereocenters. The van der Waals surface area contributed by atoms with Gasteiger partial charge in [-0.15, -0.1) is 0 Å². The van der Waals surface area contributed by atoms with E-state index >= 15 is 0 Å². The molecule has 1 aliphatic heterocycles. The summed E-state index contributed by atoms with van der Waals surface area (Å²) < 4.78 is 42.0. The molecule has 0 saturated carbocycles. The lowest BCUT2D eigenvalue weighted by Gasteiger charge is -2.32. The number of nitrogens with one attached hydrogen (secondary N) is 1. The van der Waals surface area contributed by atoms with Crippen molar-refractivity contribution in [3.8, 4) is 0 Å². The maximum absolute atomic E-state index is 12.2. The van der Waals surface area contributed by atoms with Crippen LogP contribution in [0.2, 0.25) is 0 Å². The molecule has 18 heavy (non-hydrogen) atoms. The lowest BCUT2D eigenvalue weighted by atomic mass is 10.1. The minimum absolute atomic E-state index is 0.223. The van der Waals surface area contributed by atoms with Crippen molar-refractivity contribution in [3.63, 3.8) is 0 Å². The molecule has 1 rings (SSSR count). The molecule has 0 aromatic heterocycles. The molecule has 1 N–H and O–H groups in total. The molecule has 1 fully saturated rings. The highest BCUT2D eigenvalue weighted by Crippen LogP contribution is 2.19. The number of likely N-dealkylation sites (tertiary alicyclic amines) is 1. The summed E-state index contributed by atoms with van der Waals surface area (Å²) in [6, 6.07) is 0.324. The van der Waals surface area contributed by atoms with E-state index in [1.54, 1.807) is 0 Å². The van der Waals surface area contributed by atoms with Gasteiger partial charge in [0.05, 0.1) is 19.3 Å². The molecule has 6 heteroatoms. The summed E-state index contributed by atoms with van der Waals surface area (Å²) in [6.45, 7) is 5.63. The number of hydrogen-bond donors (Lipinski definition) is 1. The molecule has 3 nitrogen and oxygen atoms in total. The Morgan fingerprint density at radius 3 is 2.39 bits per heavy atom. The molecule has 108 valence electrons. The second-order valence-corrected chi connectivity index (χ2v) is 5.04. The van der Waals surface area contributed by atoms with Gasteiger partial charge in [0.25, 0.3) is 0 Å². The van der Waals surface area contributed by atoms with Crippen LogP contribution >= 0.6 is 0 Å². The maximum atomic E-state index is 12.2. The highest BCUT2D eigenvalue weighted by molar-refractivity contribution is 4.78. The number of hydrogen-bond acceptors (Lipinski definition) is 3. The molecule has 0 amide bonds. The number of ether oxygens (including phenoxy) is 1.